The number of nitrogens with one attached hydrogen (secondary N) is 2. The van der Waals surface area contributed by atoms with Crippen molar-refractivity contribution in [3.8, 4) is 11.3 Å². The number of nitrogens with zero attached hydrogens (tertiary/aromatic N) is 2. The van der Waals surface area contributed by atoms with E-state index >= 15 is 0 Å². The molecule has 0 saturated carbocycles. The first-order valence-electron chi connectivity index (χ1n) is 8.33. The van der Waals surface area contributed by atoms with Gasteiger partial charge in [-0.2, -0.15) is 0 Å². The number of thiazole rings is 1. The highest BCUT2D eigenvalue weighted by Gasteiger charge is 2.11. The van der Waals surface area contributed by atoms with Gasteiger partial charge < -0.3 is 5.11 Å². The molecule has 7 nitrogen and oxygen atoms in total. The van der Waals surface area contributed by atoms with Crippen molar-refractivity contribution in [1.82, 2.24) is 15.4 Å². The van der Waals surface area contributed by atoms with Crippen LogP contribution in [0.1, 0.15) is 20.8 Å². The second-order valence-corrected chi connectivity index (χ2v) is 6.89. The van der Waals surface area contributed by atoms with Gasteiger partial charge in [0.25, 0.3) is 5.91 Å². The first-order chi connectivity index (χ1) is 13.6. The number of para-hydroxylation sites is 1. The molecule has 1 amide bonds. The smallest absolute Gasteiger partial charge is 0.354 e. The lowest BCUT2D eigenvalue weighted by Gasteiger charge is -2.07. The van der Waals surface area contributed by atoms with Crippen molar-refractivity contribution >= 4 is 38.6 Å². The number of hydrazine groups is 1. The monoisotopic (exact) mass is 390 g/mol. The third kappa shape index (κ3) is 3.67. The molecule has 8 heteroatoms. The molecule has 0 unspecified atom stereocenters. The quantitative estimate of drug-likeness (QED) is 0.448. The van der Waals surface area contributed by atoms with Gasteiger partial charge in [0.1, 0.15) is 5.69 Å². The lowest BCUT2D eigenvalue weighted by Crippen LogP contribution is -2.29. The van der Waals surface area contributed by atoms with E-state index in [1.165, 1.54) is 17.4 Å². The third-order valence-electron chi connectivity index (χ3n) is 3.97. The topological polar surface area (TPSA) is 104 Å². The predicted octanol–water partition coefficient (Wildman–Crippen LogP) is 3.81. The van der Waals surface area contributed by atoms with Gasteiger partial charge in [0.2, 0.25) is 5.13 Å². The Morgan fingerprint density at radius 2 is 1.75 bits per heavy atom. The predicted molar refractivity (Wildman–Crippen MR) is 107 cm³/mol. The molecule has 0 aliphatic heterocycles. The van der Waals surface area contributed by atoms with Crippen molar-refractivity contribution in [3.63, 3.8) is 0 Å². The van der Waals surface area contributed by atoms with Gasteiger partial charge in [-0.05, 0) is 36.4 Å². The van der Waals surface area contributed by atoms with Crippen LogP contribution in [-0.4, -0.2) is 27.0 Å². The van der Waals surface area contributed by atoms with Gasteiger partial charge in [0.15, 0.2) is 0 Å². The summed E-state index contributed by atoms with van der Waals surface area (Å²) in [6.45, 7) is 0. The number of carbonyl (C=O) groups is 2. The van der Waals surface area contributed by atoms with Gasteiger partial charge in [0, 0.05) is 11.1 Å². The normalized spacial score (nSPS) is 10.6. The van der Waals surface area contributed by atoms with Crippen molar-refractivity contribution in [2.45, 2.75) is 0 Å². The molecule has 0 bridgehead atoms. The van der Waals surface area contributed by atoms with E-state index < -0.39 is 5.97 Å². The summed E-state index contributed by atoms with van der Waals surface area (Å²) in [5, 5.41) is 9.67. The first-order valence-corrected chi connectivity index (χ1v) is 9.14. The van der Waals surface area contributed by atoms with Gasteiger partial charge in [-0.3, -0.25) is 15.6 Å². The van der Waals surface area contributed by atoms with Crippen LogP contribution in [0.5, 0.6) is 0 Å². The number of rotatable bonds is 5. The molecule has 0 radical (unpaired) electrons. The van der Waals surface area contributed by atoms with E-state index in [0.717, 1.165) is 10.2 Å². The highest BCUT2D eigenvalue weighted by molar-refractivity contribution is 7.22. The molecule has 2 aromatic carbocycles. The van der Waals surface area contributed by atoms with Crippen molar-refractivity contribution < 1.29 is 14.7 Å². The minimum absolute atomic E-state index is 0.0511. The van der Waals surface area contributed by atoms with E-state index in [4.69, 9.17) is 5.11 Å². The Hall–Kier alpha value is -3.78. The Bertz CT molecular complexity index is 1160. The van der Waals surface area contributed by atoms with Crippen LogP contribution in [0.2, 0.25) is 0 Å². The molecule has 0 aliphatic carbocycles. The molecule has 2 heterocycles. The summed E-state index contributed by atoms with van der Waals surface area (Å²) in [5.41, 5.74) is 7.80. The van der Waals surface area contributed by atoms with Crippen LogP contribution in [0.15, 0.2) is 66.7 Å². The zero-order valence-corrected chi connectivity index (χ0v) is 15.2. The molecule has 0 saturated heterocycles. The van der Waals surface area contributed by atoms with E-state index in [1.807, 2.05) is 24.3 Å². The van der Waals surface area contributed by atoms with Crippen molar-refractivity contribution in [2.24, 2.45) is 0 Å². The van der Waals surface area contributed by atoms with Crippen LogP contribution in [-0.2, 0) is 0 Å². The van der Waals surface area contributed by atoms with Crippen molar-refractivity contribution in [2.75, 3.05) is 5.43 Å². The van der Waals surface area contributed by atoms with Gasteiger partial charge in [0.05, 0.1) is 15.9 Å². The molecular weight excluding hydrogens is 376 g/mol. The number of hydrogen-bond acceptors (Lipinski definition) is 6. The van der Waals surface area contributed by atoms with Gasteiger partial charge in [-0.15, -0.1) is 0 Å². The summed E-state index contributed by atoms with van der Waals surface area (Å²) in [7, 11) is 0. The number of fused-ring (bicyclic) bond motifs is 1. The summed E-state index contributed by atoms with van der Waals surface area (Å²) in [6, 6.07) is 19.2. The summed E-state index contributed by atoms with van der Waals surface area (Å²) in [4.78, 5) is 32.1. The van der Waals surface area contributed by atoms with Crippen LogP contribution in [0, 0.1) is 0 Å². The Balaban J connectivity index is 1.51. The molecule has 3 N–H and O–H groups in total. The summed E-state index contributed by atoms with van der Waals surface area (Å²) >= 11 is 1.44. The van der Waals surface area contributed by atoms with Crippen molar-refractivity contribution in [3.05, 3.63) is 78.0 Å². The van der Waals surface area contributed by atoms with E-state index in [9.17, 15) is 9.59 Å². The fraction of sp³-hybridized carbons (Fsp3) is 0. The molecule has 4 aromatic rings. The molecular formula is C20H14N4O3S. The second-order valence-electron chi connectivity index (χ2n) is 5.86. The highest BCUT2D eigenvalue weighted by Crippen LogP contribution is 2.25. The van der Waals surface area contributed by atoms with Crippen molar-refractivity contribution in [1.29, 1.82) is 0 Å². The maximum Gasteiger partial charge on any atom is 0.354 e. The van der Waals surface area contributed by atoms with Crippen LogP contribution >= 0.6 is 11.3 Å². The van der Waals surface area contributed by atoms with Gasteiger partial charge in [-0.25, -0.2) is 14.8 Å². The minimum atomic E-state index is -1.10. The number of amides is 1. The fourth-order valence-corrected chi connectivity index (χ4v) is 3.46. The molecule has 0 aliphatic rings. The van der Waals surface area contributed by atoms with Crippen LogP contribution in [0.3, 0.4) is 0 Å². The van der Waals surface area contributed by atoms with Gasteiger partial charge >= 0.3 is 5.97 Å². The van der Waals surface area contributed by atoms with Crippen LogP contribution in [0.25, 0.3) is 21.5 Å². The number of aromatic carboxylic acids is 1. The Labute approximate surface area is 163 Å². The summed E-state index contributed by atoms with van der Waals surface area (Å²) in [6.07, 6.45) is 0. The number of hydrogen-bond donors (Lipinski definition) is 3. The van der Waals surface area contributed by atoms with Crippen LogP contribution < -0.4 is 10.9 Å². The molecule has 0 atom stereocenters. The van der Waals surface area contributed by atoms with Crippen LogP contribution in [0.4, 0.5) is 5.13 Å². The van der Waals surface area contributed by atoms with E-state index in [2.05, 4.69) is 20.8 Å². The second kappa shape index (κ2) is 7.45. The van der Waals surface area contributed by atoms with E-state index in [-0.39, 0.29) is 11.6 Å². The number of aromatic nitrogens is 2. The number of anilines is 1. The first kappa shape index (κ1) is 17.6. The minimum Gasteiger partial charge on any atom is -0.477 e. The Morgan fingerprint density at radius 3 is 2.57 bits per heavy atom. The average Bonchev–Trinajstić information content (AvgIpc) is 3.15. The number of carboxylic acid groups (broad SMARTS) is 1. The number of pyridine rings is 1. The standard InChI is InChI=1S/C20H14N4O3S/c25-18(23-24-20-22-15-7-1-2-10-17(15)28-20)13-6-3-5-12(11-13)14-8-4-9-16(21-14)19(26)27/h1-11H,(H,22,24)(H,23,25)(H,26,27). The highest BCUT2D eigenvalue weighted by atomic mass is 32.1. The Kier molecular flexibility index (Phi) is 4.69. The molecule has 0 fully saturated rings. The molecule has 138 valence electrons. The zero-order valence-electron chi connectivity index (χ0n) is 14.4. The molecule has 0 spiro atoms. The average molecular weight is 390 g/mol. The van der Waals surface area contributed by atoms with E-state index in [0.29, 0.717) is 22.0 Å². The number of benzene rings is 2. The van der Waals surface area contributed by atoms with E-state index in [1.54, 1.807) is 36.4 Å². The fourth-order valence-electron chi connectivity index (χ4n) is 2.64. The zero-order chi connectivity index (χ0) is 19.5. The largest absolute Gasteiger partial charge is 0.477 e. The maximum atomic E-state index is 12.5. The number of carboxylic acids is 1. The van der Waals surface area contributed by atoms with Gasteiger partial charge in [-0.1, -0.05) is 41.7 Å². The lowest BCUT2D eigenvalue weighted by molar-refractivity contribution is 0.0690. The summed E-state index contributed by atoms with van der Waals surface area (Å²) < 4.78 is 1.02. The number of carbonyl (C=O) groups excluding carboxylic acids is 1. The third-order valence-corrected chi connectivity index (χ3v) is 4.92. The molecule has 28 heavy (non-hydrogen) atoms. The summed E-state index contributed by atoms with van der Waals surface area (Å²) in [5.74, 6) is -1.44. The lowest BCUT2D eigenvalue weighted by atomic mass is 10.1. The molecule has 4 rings (SSSR count). The maximum absolute atomic E-state index is 12.5. The molecule has 2 aromatic heterocycles. The SMILES string of the molecule is O=C(NNc1nc2ccccc2s1)c1cccc(-c2cccc(C(=O)O)n2)c1. The Morgan fingerprint density at radius 1 is 0.929 bits per heavy atom.